The van der Waals surface area contributed by atoms with Crippen LogP contribution in [0.5, 0.6) is 0 Å². The molecule has 1 atom stereocenters. The van der Waals surface area contributed by atoms with Crippen molar-refractivity contribution in [1.82, 2.24) is 14.7 Å². The smallest absolute Gasteiger partial charge is 0.264 e. The van der Waals surface area contributed by atoms with E-state index in [1.54, 1.807) is 11.3 Å². The van der Waals surface area contributed by atoms with Gasteiger partial charge in [-0.1, -0.05) is 37.3 Å². The van der Waals surface area contributed by atoms with Crippen LogP contribution < -0.4 is 0 Å². The van der Waals surface area contributed by atoms with E-state index in [0.717, 1.165) is 46.8 Å². The molecule has 130 valence electrons. The number of likely N-dealkylation sites (tertiary alicyclic amines) is 1. The fourth-order valence-corrected chi connectivity index (χ4v) is 4.74. The third-order valence-electron chi connectivity index (χ3n) is 4.94. The molecule has 1 saturated heterocycles. The van der Waals surface area contributed by atoms with Crippen LogP contribution in [0.3, 0.4) is 0 Å². The summed E-state index contributed by atoms with van der Waals surface area (Å²) >= 11 is 1.58. The molecule has 1 aliphatic heterocycles. The second kappa shape index (κ2) is 6.64. The van der Waals surface area contributed by atoms with E-state index in [4.69, 9.17) is 0 Å². The molecule has 1 aromatic carbocycles. The molecular formula is C20H23N3OS. The highest BCUT2D eigenvalue weighted by Gasteiger charge is 2.24. The highest BCUT2D eigenvalue weighted by Crippen LogP contribution is 2.30. The van der Waals surface area contributed by atoms with Gasteiger partial charge in [-0.05, 0) is 37.3 Å². The first-order valence-electron chi connectivity index (χ1n) is 8.92. The Morgan fingerprint density at radius 2 is 2.12 bits per heavy atom. The number of fused-ring (bicyclic) bond motifs is 1. The van der Waals surface area contributed by atoms with Crippen LogP contribution in [0, 0.1) is 12.8 Å². The Morgan fingerprint density at radius 3 is 2.88 bits per heavy atom. The zero-order valence-corrected chi connectivity index (χ0v) is 15.6. The van der Waals surface area contributed by atoms with Crippen LogP contribution in [0.2, 0.25) is 0 Å². The molecule has 1 unspecified atom stereocenters. The third-order valence-corrected chi connectivity index (χ3v) is 6.07. The molecule has 0 N–H and O–H groups in total. The number of rotatable bonds is 3. The fourth-order valence-electron chi connectivity index (χ4n) is 3.61. The SMILES string of the molecule is Cc1nn(Cc2ccccc2)c2sc(C(=O)N3CCCC(C)C3)cc12. The highest BCUT2D eigenvalue weighted by atomic mass is 32.1. The van der Waals surface area contributed by atoms with Gasteiger partial charge in [0, 0.05) is 18.5 Å². The lowest BCUT2D eigenvalue weighted by atomic mass is 10.0. The van der Waals surface area contributed by atoms with Gasteiger partial charge in [0.05, 0.1) is 17.1 Å². The molecule has 1 fully saturated rings. The van der Waals surface area contributed by atoms with E-state index in [1.165, 1.54) is 12.0 Å². The molecule has 0 radical (unpaired) electrons. The number of aryl methyl sites for hydroxylation is 1. The molecule has 5 heteroatoms. The summed E-state index contributed by atoms with van der Waals surface area (Å²) in [5.41, 5.74) is 2.21. The van der Waals surface area contributed by atoms with Gasteiger partial charge in [-0.2, -0.15) is 5.10 Å². The number of piperidine rings is 1. The van der Waals surface area contributed by atoms with Gasteiger partial charge in [-0.25, -0.2) is 0 Å². The van der Waals surface area contributed by atoms with E-state index >= 15 is 0 Å². The predicted molar refractivity (Wildman–Crippen MR) is 102 cm³/mol. The molecule has 3 heterocycles. The van der Waals surface area contributed by atoms with Gasteiger partial charge in [0.2, 0.25) is 0 Å². The van der Waals surface area contributed by atoms with E-state index in [-0.39, 0.29) is 5.91 Å². The van der Waals surface area contributed by atoms with Crippen molar-refractivity contribution >= 4 is 27.5 Å². The van der Waals surface area contributed by atoms with Crippen molar-refractivity contribution in [2.45, 2.75) is 33.2 Å². The second-order valence-electron chi connectivity index (χ2n) is 7.06. The normalized spacial score (nSPS) is 18.0. The van der Waals surface area contributed by atoms with E-state index < -0.39 is 0 Å². The maximum atomic E-state index is 12.9. The number of hydrogen-bond donors (Lipinski definition) is 0. The van der Waals surface area contributed by atoms with Gasteiger partial charge in [0.15, 0.2) is 0 Å². The Bertz CT molecular complexity index is 896. The van der Waals surface area contributed by atoms with E-state index in [0.29, 0.717) is 5.92 Å². The van der Waals surface area contributed by atoms with Crippen LogP contribution in [0.1, 0.15) is 40.7 Å². The van der Waals surface area contributed by atoms with Crippen molar-refractivity contribution in [3.63, 3.8) is 0 Å². The van der Waals surface area contributed by atoms with Crippen LogP contribution >= 0.6 is 11.3 Å². The zero-order valence-electron chi connectivity index (χ0n) is 14.7. The minimum atomic E-state index is 0.179. The molecule has 0 bridgehead atoms. The summed E-state index contributed by atoms with van der Waals surface area (Å²) < 4.78 is 2.03. The number of nitrogens with zero attached hydrogens (tertiary/aromatic N) is 3. The predicted octanol–water partition coefficient (Wildman–Crippen LogP) is 4.33. The van der Waals surface area contributed by atoms with Crippen molar-refractivity contribution in [3.05, 3.63) is 52.5 Å². The second-order valence-corrected chi connectivity index (χ2v) is 8.09. The quantitative estimate of drug-likeness (QED) is 0.703. The third kappa shape index (κ3) is 3.21. The largest absolute Gasteiger partial charge is 0.338 e. The lowest BCUT2D eigenvalue weighted by molar-refractivity contribution is 0.0688. The summed E-state index contributed by atoms with van der Waals surface area (Å²) in [6.45, 7) is 6.74. The Kier molecular flexibility index (Phi) is 4.34. The molecule has 25 heavy (non-hydrogen) atoms. The zero-order chi connectivity index (χ0) is 17.4. The number of carbonyl (C=O) groups excluding carboxylic acids is 1. The van der Waals surface area contributed by atoms with Crippen molar-refractivity contribution < 1.29 is 4.79 Å². The number of thiophene rings is 1. The summed E-state index contributed by atoms with van der Waals surface area (Å²) in [5, 5.41) is 5.78. The number of aromatic nitrogens is 2. The minimum Gasteiger partial charge on any atom is -0.338 e. The Hall–Kier alpha value is -2.14. The maximum Gasteiger partial charge on any atom is 0.264 e. The fraction of sp³-hybridized carbons (Fsp3) is 0.400. The Balaban J connectivity index is 1.64. The van der Waals surface area contributed by atoms with Crippen LogP contribution in [0.25, 0.3) is 10.2 Å². The first-order chi connectivity index (χ1) is 12.1. The summed E-state index contributed by atoms with van der Waals surface area (Å²) in [6.07, 6.45) is 2.33. The number of benzene rings is 1. The summed E-state index contributed by atoms with van der Waals surface area (Å²) in [4.78, 5) is 16.8. The van der Waals surface area contributed by atoms with Gasteiger partial charge < -0.3 is 4.90 Å². The van der Waals surface area contributed by atoms with Crippen molar-refractivity contribution in [1.29, 1.82) is 0 Å². The van der Waals surface area contributed by atoms with Crippen LogP contribution in [0.15, 0.2) is 36.4 Å². The Morgan fingerprint density at radius 1 is 1.32 bits per heavy atom. The van der Waals surface area contributed by atoms with Crippen molar-refractivity contribution in [3.8, 4) is 0 Å². The topological polar surface area (TPSA) is 38.1 Å². The maximum absolute atomic E-state index is 12.9. The molecule has 2 aromatic heterocycles. The molecular weight excluding hydrogens is 330 g/mol. The highest BCUT2D eigenvalue weighted by molar-refractivity contribution is 7.20. The molecule has 1 aliphatic rings. The summed E-state index contributed by atoms with van der Waals surface area (Å²) in [6, 6.07) is 12.4. The van der Waals surface area contributed by atoms with Gasteiger partial charge in [-0.15, -0.1) is 11.3 Å². The number of hydrogen-bond acceptors (Lipinski definition) is 3. The minimum absolute atomic E-state index is 0.179. The standard InChI is InChI=1S/C20H23N3OS/c1-14-7-6-10-22(12-14)19(24)18-11-17-15(2)21-23(20(17)25-18)13-16-8-4-3-5-9-16/h3-5,8-9,11,14H,6-7,10,12-13H2,1-2H3. The molecule has 0 spiro atoms. The summed E-state index contributed by atoms with van der Waals surface area (Å²) in [7, 11) is 0. The lowest BCUT2D eigenvalue weighted by Crippen LogP contribution is -2.38. The Labute approximate surface area is 152 Å². The van der Waals surface area contributed by atoms with E-state index in [2.05, 4.69) is 24.2 Å². The average Bonchev–Trinajstić information content (AvgIpc) is 3.17. The van der Waals surface area contributed by atoms with Crippen molar-refractivity contribution in [2.75, 3.05) is 13.1 Å². The van der Waals surface area contributed by atoms with E-state index in [1.807, 2.05) is 40.8 Å². The number of amides is 1. The molecule has 1 amide bonds. The average molecular weight is 353 g/mol. The molecule has 0 aliphatic carbocycles. The van der Waals surface area contributed by atoms with Gasteiger partial charge in [0.1, 0.15) is 4.83 Å². The first-order valence-corrected chi connectivity index (χ1v) is 9.73. The van der Waals surface area contributed by atoms with Crippen LogP contribution in [-0.2, 0) is 6.54 Å². The van der Waals surface area contributed by atoms with E-state index in [9.17, 15) is 4.79 Å². The first kappa shape index (κ1) is 16.3. The molecule has 4 rings (SSSR count). The monoisotopic (exact) mass is 353 g/mol. The van der Waals surface area contributed by atoms with Gasteiger partial charge in [-0.3, -0.25) is 9.48 Å². The van der Waals surface area contributed by atoms with Crippen molar-refractivity contribution in [2.24, 2.45) is 5.92 Å². The molecule has 4 nitrogen and oxygen atoms in total. The van der Waals surface area contributed by atoms with Crippen LogP contribution in [0.4, 0.5) is 0 Å². The van der Waals surface area contributed by atoms with Gasteiger partial charge in [0.25, 0.3) is 5.91 Å². The lowest BCUT2D eigenvalue weighted by Gasteiger charge is -2.30. The van der Waals surface area contributed by atoms with Crippen LogP contribution in [-0.4, -0.2) is 33.7 Å². The summed E-state index contributed by atoms with van der Waals surface area (Å²) in [5.74, 6) is 0.779. The molecule has 3 aromatic rings. The molecule has 0 saturated carbocycles. The van der Waals surface area contributed by atoms with Gasteiger partial charge >= 0.3 is 0 Å². The number of carbonyl (C=O) groups is 1.